The number of hydrogen-bond donors (Lipinski definition) is 0. The van der Waals surface area contributed by atoms with E-state index in [1.807, 2.05) is 0 Å². The van der Waals surface area contributed by atoms with Crippen LogP contribution in [-0.2, 0) is 33.3 Å². The second-order valence-electron chi connectivity index (χ2n) is 5.09. The Kier molecular flexibility index (Phi) is 10.6. The first-order valence-electron chi connectivity index (χ1n) is 7.54. The van der Waals surface area contributed by atoms with Crippen LogP contribution >= 0.6 is 0 Å². The largest absolute Gasteiger partial charge is 0.468 e. The van der Waals surface area contributed by atoms with Gasteiger partial charge in [0.05, 0.1) is 12.7 Å². The third kappa shape index (κ3) is 8.96. The summed E-state index contributed by atoms with van der Waals surface area (Å²) < 4.78 is 24.7. The molecule has 1 atom stereocenters. The van der Waals surface area contributed by atoms with Crippen LogP contribution in [0.2, 0.25) is 0 Å². The summed E-state index contributed by atoms with van der Waals surface area (Å²) in [7, 11) is 0. The molecular formula is C15H25O7. The molecule has 127 valence electrons. The van der Waals surface area contributed by atoms with E-state index in [1.54, 1.807) is 0 Å². The molecule has 1 unspecified atom stereocenters. The molecule has 22 heavy (non-hydrogen) atoms. The minimum absolute atomic E-state index is 0.112. The van der Waals surface area contributed by atoms with Crippen LogP contribution in [0, 0.1) is 12.8 Å². The molecule has 0 bridgehead atoms. The summed E-state index contributed by atoms with van der Waals surface area (Å²) in [5.41, 5.74) is 0. The summed E-state index contributed by atoms with van der Waals surface area (Å²) >= 11 is 0. The number of hydrogen-bond acceptors (Lipinski definition) is 7. The first-order valence-corrected chi connectivity index (χ1v) is 7.54. The quantitative estimate of drug-likeness (QED) is 0.514. The van der Waals surface area contributed by atoms with Crippen LogP contribution in [0.3, 0.4) is 0 Å². The van der Waals surface area contributed by atoms with E-state index in [-0.39, 0.29) is 6.10 Å². The normalized spacial score (nSPS) is 21.1. The van der Waals surface area contributed by atoms with Crippen LogP contribution < -0.4 is 0 Å². The van der Waals surface area contributed by atoms with Gasteiger partial charge in [-0.25, -0.2) is 0 Å². The van der Waals surface area contributed by atoms with Gasteiger partial charge in [-0.2, -0.15) is 0 Å². The second-order valence-corrected chi connectivity index (χ2v) is 5.09. The SMILES string of the molecule is O=COCC1CCOCC1.[CH2]C(OC=O)OC1CCOCC1. The molecule has 2 saturated heterocycles. The topological polar surface area (TPSA) is 80.3 Å². The maximum Gasteiger partial charge on any atom is 0.295 e. The van der Waals surface area contributed by atoms with Gasteiger partial charge in [-0.3, -0.25) is 9.59 Å². The van der Waals surface area contributed by atoms with E-state index in [0.717, 1.165) is 38.9 Å². The molecule has 0 aromatic heterocycles. The summed E-state index contributed by atoms with van der Waals surface area (Å²) in [4.78, 5) is 19.7. The molecule has 2 heterocycles. The summed E-state index contributed by atoms with van der Waals surface area (Å²) in [6.45, 7) is 7.96. The maximum absolute atomic E-state index is 9.89. The van der Waals surface area contributed by atoms with E-state index in [4.69, 9.17) is 14.2 Å². The molecule has 0 aromatic carbocycles. The number of rotatable bonds is 7. The van der Waals surface area contributed by atoms with Crippen molar-refractivity contribution in [1.29, 1.82) is 0 Å². The van der Waals surface area contributed by atoms with E-state index in [1.165, 1.54) is 0 Å². The van der Waals surface area contributed by atoms with Crippen molar-refractivity contribution in [2.75, 3.05) is 33.0 Å². The summed E-state index contributed by atoms with van der Waals surface area (Å²) in [5.74, 6) is 0.527. The van der Waals surface area contributed by atoms with Gasteiger partial charge < -0.3 is 23.7 Å². The molecule has 0 spiro atoms. The number of ether oxygens (including phenoxy) is 5. The smallest absolute Gasteiger partial charge is 0.295 e. The molecule has 0 aromatic rings. The lowest BCUT2D eigenvalue weighted by molar-refractivity contribution is -0.171. The Balaban J connectivity index is 0.000000224. The zero-order valence-corrected chi connectivity index (χ0v) is 12.8. The van der Waals surface area contributed by atoms with Crippen LogP contribution in [-0.4, -0.2) is 58.4 Å². The number of carbonyl (C=O) groups is 2. The molecule has 0 amide bonds. The van der Waals surface area contributed by atoms with Crippen molar-refractivity contribution in [2.24, 2.45) is 5.92 Å². The van der Waals surface area contributed by atoms with Gasteiger partial charge in [-0.05, 0) is 31.6 Å². The minimum atomic E-state index is -0.689. The van der Waals surface area contributed by atoms with E-state index in [2.05, 4.69) is 16.4 Å². The van der Waals surface area contributed by atoms with Crippen LogP contribution in [0.4, 0.5) is 0 Å². The third-order valence-electron chi connectivity index (χ3n) is 3.46. The Bertz CT molecular complexity index is 286. The van der Waals surface area contributed by atoms with Gasteiger partial charge in [0, 0.05) is 33.4 Å². The first kappa shape index (κ1) is 18.9. The monoisotopic (exact) mass is 317 g/mol. The van der Waals surface area contributed by atoms with Gasteiger partial charge in [0.1, 0.15) is 0 Å². The van der Waals surface area contributed by atoms with Gasteiger partial charge in [0.2, 0.25) is 6.29 Å². The Morgan fingerprint density at radius 1 is 1.00 bits per heavy atom. The molecule has 7 nitrogen and oxygen atoms in total. The van der Waals surface area contributed by atoms with Gasteiger partial charge >= 0.3 is 0 Å². The summed E-state index contributed by atoms with van der Waals surface area (Å²) in [6.07, 6.45) is 3.15. The second kappa shape index (κ2) is 12.4. The molecule has 0 aliphatic carbocycles. The van der Waals surface area contributed by atoms with Gasteiger partial charge in [0.15, 0.2) is 0 Å². The van der Waals surface area contributed by atoms with Gasteiger partial charge in [0.25, 0.3) is 12.9 Å². The Hall–Kier alpha value is -1.18. The molecular weight excluding hydrogens is 292 g/mol. The van der Waals surface area contributed by atoms with E-state index in [0.29, 0.717) is 38.7 Å². The summed E-state index contributed by atoms with van der Waals surface area (Å²) in [6, 6.07) is 0. The lowest BCUT2D eigenvalue weighted by atomic mass is 10.0. The van der Waals surface area contributed by atoms with E-state index in [9.17, 15) is 9.59 Å². The van der Waals surface area contributed by atoms with Crippen LogP contribution in [0.1, 0.15) is 25.7 Å². The average molecular weight is 317 g/mol. The van der Waals surface area contributed by atoms with Crippen LogP contribution in [0.5, 0.6) is 0 Å². The van der Waals surface area contributed by atoms with Crippen LogP contribution in [0.25, 0.3) is 0 Å². The third-order valence-corrected chi connectivity index (χ3v) is 3.46. The Morgan fingerprint density at radius 2 is 1.59 bits per heavy atom. The molecule has 2 rings (SSSR count). The van der Waals surface area contributed by atoms with Crippen LogP contribution in [0.15, 0.2) is 0 Å². The fraction of sp³-hybridized carbons (Fsp3) is 0.800. The molecule has 1 radical (unpaired) electrons. The summed E-state index contributed by atoms with van der Waals surface area (Å²) in [5, 5.41) is 0. The Morgan fingerprint density at radius 3 is 2.14 bits per heavy atom. The van der Waals surface area contributed by atoms with Crippen molar-refractivity contribution in [3.63, 3.8) is 0 Å². The highest BCUT2D eigenvalue weighted by molar-refractivity contribution is 5.37. The van der Waals surface area contributed by atoms with E-state index >= 15 is 0 Å². The maximum atomic E-state index is 9.89. The molecule has 7 heteroatoms. The lowest BCUT2D eigenvalue weighted by Gasteiger charge is -2.24. The van der Waals surface area contributed by atoms with Crippen molar-refractivity contribution in [3.8, 4) is 0 Å². The van der Waals surface area contributed by atoms with Crippen molar-refractivity contribution >= 4 is 12.9 Å². The van der Waals surface area contributed by atoms with Gasteiger partial charge in [-0.15, -0.1) is 0 Å². The highest BCUT2D eigenvalue weighted by Gasteiger charge is 2.17. The van der Waals surface area contributed by atoms with Crippen molar-refractivity contribution in [1.82, 2.24) is 0 Å². The zero-order valence-electron chi connectivity index (χ0n) is 12.8. The fourth-order valence-electron chi connectivity index (χ4n) is 2.21. The number of carbonyl (C=O) groups excluding carboxylic acids is 2. The van der Waals surface area contributed by atoms with Crippen molar-refractivity contribution < 1.29 is 33.3 Å². The average Bonchev–Trinajstić information content (AvgIpc) is 2.56. The lowest BCUT2D eigenvalue weighted by Crippen LogP contribution is -2.28. The zero-order chi connectivity index (χ0) is 16.0. The molecule has 2 fully saturated rings. The predicted molar refractivity (Wildman–Crippen MR) is 76.8 cm³/mol. The highest BCUT2D eigenvalue weighted by atomic mass is 16.7. The Labute approximate surface area is 131 Å². The molecule has 2 aliphatic heterocycles. The molecule has 2 aliphatic rings. The van der Waals surface area contributed by atoms with Gasteiger partial charge in [-0.1, -0.05) is 0 Å². The highest BCUT2D eigenvalue weighted by Crippen LogP contribution is 2.14. The minimum Gasteiger partial charge on any atom is -0.468 e. The molecule has 0 saturated carbocycles. The first-order chi connectivity index (χ1) is 10.8. The molecule has 0 N–H and O–H groups in total. The standard InChI is InChI=1S/C8H13O4.C7H12O3/c1-7(11-6-9)12-8-2-4-10-5-3-8;8-6-10-5-7-1-3-9-4-2-7/h6-8H,1-5H2;6-7H,1-5H2. The fourth-order valence-corrected chi connectivity index (χ4v) is 2.21. The van der Waals surface area contributed by atoms with Crippen molar-refractivity contribution in [2.45, 2.75) is 38.1 Å². The van der Waals surface area contributed by atoms with Crippen molar-refractivity contribution in [3.05, 3.63) is 6.92 Å². The van der Waals surface area contributed by atoms with E-state index < -0.39 is 6.29 Å². The predicted octanol–water partition coefficient (Wildman–Crippen LogP) is 1.10.